The Morgan fingerprint density at radius 3 is 2.72 bits per heavy atom. The van der Waals surface area contributed by atoms with Gasteiger partial charge in [0.25, 0.3) is 0 Å². The average Bonchev–Trinajstić information content (AvgIpc) is 2.38. The van der Waals surface area contributed by atoms with Crippen molar-refractivity contribution in [2.24, 2.45) is 0 Å². The number of Topliss-reactive ketones (excluding diaryl/α,β-unsaturated/α-hetero) is 1. The van der Waals surface area contributed by atoms with Crippen LogP contribution in [0.15, 0.2) is 52.1 Å². The normalized spacial score (nSPS) is 10.3. The highest BCUT2D eigenvalue weighted by molar-refractivity contribution is 9.10. The number of thioether (sulfide) groups is 1. The van der Waals surface area contributed by atoms with Crippen LogP contribution in [0.5, 0.6) is 0 Å². The van der Waals surface area contributed by atoms with Gasteiger partial charge in [0, 0.05) is 16.2 Å². The molecule has 0 bridgehead atoms. The van der Waals surface area contributed by atoms with Crippen molar-refractivity contribution in [3.8, 4) is 0 Å². The molecule has 0 N–H and O–H groups in total. The topological polar surface area (TPSA) is 30.0 Å². The van der Waals surface area contributed by atoms with Crippen LogP contribution in [0.1, 0.15) is 10.4 Å². The molecular weight excluding hydrogens is 334 g/mol. The summed E-state index contributed by atoms with van der Waals surface area (Å²) in [7, 11) is 0. The van der Waals surface area contributed by atoms with E-state index in [1.54, 1.807) is 18.3 Å². The largest absolute Gasteiger partial charge is 0.293 e. The van der Waals surface area contributed by atoms with Gasteiger partial charge in [-0.2, -0.15) is 0 Å². The Bertz CT molecular complexity index is 559. The summed E-state index contributed by atoms with van der Waals surface area (Å²) >= 11 is 10.5. The van der Waals surface area contributed by atoms with Crippen LogP contribution in [-0.2, 0) is 0 Å². The first-order valence-electron chi connectivity index (χ1n) is 5.19. The molecule has 0 saturated heterocycles. The SMILES string of the molecule is O=C(CSc1ccc(Cl)cn1)c1ccccc1Br. The van der Waals surface area contributed by atoms with E-state index in [-0.39, 0.29) is 5.78 Å². The maximum atomic E-state index is 12.0. The number of aromatic nitrogens is 1. The van der Waals surface area contributed by atoms with Gasteiger partial charge in [-0.3, -0.25) is 4.79 Å². The van der Waals surface area contributed by atoms with E-state index in [1.807, 2.05) is 24.3 Å². The van der Waals surface area contributed by atoms with Crippen molar-refractivity contribution >= 4 is 45.1 Å². The van der Waals surface area contributed by atoms with Gasteiger partial charge in [0.15, 0.2) is 5.78 Å². The van der Waals surface area contributed by atoms with Gasteiger partial charge in [0.2, 0.25) is 0 Å². The van der Waals surface area contributed by atoms with Gasteiger partial charge in [-0.25, -0.2) is 4.98 Å². The fourth-order valence-corrected chi connectivity index (χ4v) is 2.70. The fourth-order valence-electron chi connectivity index (χ4n) is 1.35. The van der Waals surface area contributed by atoms with Crippen molar-refractivity contribution in [1.29, 1.82) is 0 Å². The van der Waals surface area contributed by atoms with Gasteiger partial charge < -0.3 is 0 Å². The van der Waals surface area contributed by atoms with Crippen LogP contribution in [0.2, 0.25) is 5.02 Å². The lowest BCUT2D eigenvalue weighted by atomic mass is 10.1. The molecule has 0 radical (unpaired) electrons. The second-order valence-electron chi connectivity index (χ2n) is 3.51. The molecular formula is C13H9BrClNOS. The molecule has 0 unspecified atom stereocenters. The summed E-state index contributed by atoms with van der Waals surface area (Å²) in [5, 5.41) is 1.39. The molecule has 0 amide bonds. The highest BCUT2D eigenvalue weighted by Gasteiger charge is 2.10. The number of hydrogen-bond acceptors (Lipinski definition) is 3. The Labute approximate surface area is 123 Å². The van der Waals surface area contributed by atoms with Crippen LogP contribution in [0.25, 0.3) is 0 Å². The van der Waals surface area contributed by atoms with Gasteiger partial charge in [0.05, 0.1) is 15.8 Å². The zero-order valence-corrected chi connectivity index (χ0v) is 12.4. The van der Waals surface area contributed by atoms with Crippen LogP contribution >= 0.6 is 39.3 Å². The zero-order valence-electron chi connectivity index (χ0n) is 9.27. The van der Waals surface area contributed by atoms with Crippen molar-refractivity contribution < 1.29 is 4.79 Å². The molecule has 5 heteroatoms. The first-order chi connectivity index (χ1) is 8.66. The van der Waals surface area contributed by atoms with Gasteiger partial charge in [-0.1, -0.05) is 57.5 Å². The maximum absolute atomic E-state index is 12.0. The molecule has 0 aliphatic carbocycles. The first kappa shape index (κ1) is 13.6. The van der Waals surface area contributed by atoms with Crippen molar-refractivity contribution in [2.45, 2.75) is 5.03 Å². The molecule has 1 heterocycles. The Morgan fingerprint density at radius 2 is 2.06 bits per heavy atom. The number of halogens is 2. The zero-order chi connectivity index (χ0) is 13.0. The minimum atomic E-state index is 0.0734. The second-order valence-corrected chi connectivity index (χ2v) is 5.79. The third-order valence-corrected chi connectivity index (χ3v) is 4.08. The summed E-state index contributed by atoms with van der Waals surface area (Å²) in [4.78, 5) is 16.1. The number of pyridine rings is 1. The smallest absolute Gasteiger partial charge is 0.174 e. The summed E-state index contributed by atoms with van der Waals surface area (Å²) in [6.07, 6.45) is 1.58. The van der Waals surface area contributed by atoms with E-state index in [2.05, 4.69) is 20.9 Å². The van der Waals surface area contributed by atoms with Crippen molar-refractivity contribution in [1.82, 2.24) is 4.98 Å². The molecule has 0 atom stereocenters. The molecule has 0 aliphatic rings. The predicted octanol–water partition coefficient (Wildman–Crippen LogP) is 4.47. The number of carbonyl (C=O) groups is 1. The number of hydrogen-bond donors (Lipinski definition) is 0. The van der Waals surface area contributed by atoms with Gasteiger partial charge in [0.1, 0.15) is 0 Å². The number of ketones is 1. The lowest BCUT2D eigenvalue weighted by Gasteiger charge is -2.03. The predicted molar refractivity (Wildman–Crippen MR) is 78.4 cm³/mol. The molecule has 0 fully saturated rings. The van der Waals surface area contributed by atoms with Crippen molar-refractivity contribution in [3.63, 3.8) is 0 Å². The monoisotopic (exact) mass is 341 g/mol. The van der Waals surface area contributed by atoms with E-state index in [0.717, 1.165) is 9.50 Å². The highest BCUT2D eigenvalue weighted by Crippen LogP contribution is 2.21. The Hall–Kier alpha value is -0.840. The molecule has 1 aromatic carbocycles. The Kier molecular flexibility index (Phi) is 4.80. The fraction of sp³-hybridized carbons (Fsp3) is 0.0769. The summed E-state index contributed by atoms with van der Waals surface area (Å²) in [6.45, 7) is 0. The Balaban J connectivity index is 2.01. The summed E-state index contributed by atoms with van der Waals surface area (Å²) < 4.78 is 0.819. The van der Waals surface area contributed by atoms with E-state index in [0.29, 0.717) is 16.3 Å². The number of rotatable bonds is 4. The molecule has 0 spiro atoms. The van der Waals surface area contributed by atoms with E-state index in [4.69, 9.17) is 11.6 Å². The third kappa shape index (κ3) is 3.57. The van der Waals surface area contributed by atoms with E-state index in [9.17, 15) is 4.79 Å². The van der Waals surface area contributed by atoms with Crippen LogP contribution in [0, 0.1) is 0 Å². The maximum Gasteiger partial charge on any atom is 0.174 e. The summed E-state index contributed by atoms with van der Waals surface area (Å²) in [6, 6.07) is 11.0. The third-order valence-electron chi connectivity index (χ3n) is 2.23. The molecule has 18 heavy (non-hydrogen) atoms. The van der Waals surface area contributed by atoms with E-state index in [1.165, 1.54) is 11.8 Å². The quantitative estimate of drug-likeness (QED) is 0.606. The van der Waals surface area contributed by atoms with Crippen LogP contribution in [0.3, 0.4) is 0 Å². The number of nitrogens with zero attached hydrogens (tertiary/aromatic N) is 1. The average molecular weight is 343 g/mol. The summed E-state index contributed by atoms with van der Waals surface area (Å²) in [5.74, 6) is 0.432. The summed E-state index contributed by atoms with van der Waals surface area (Å²) in [5.41, 5.74) is 0.693. The second kappa shape index (κ2) is 6.36. The molecule has 2 aromatic rings. The van der Waals surface area contributed by atoms with Gasteiger partial charge in [-0.05, 0) is 18.2 Å². The Morgan fingerprint density at radius 1 is 1.28 bits per heavy atom. The molecule has 0 aliphatic heterocycles. The van der Waals surface area contributed by atoms with E-state index < -0.39 is 0 Å². The molecule has 0 saturated carbocycles. The van der Waals surface area contributed by atoms with Crippen LogP contribution in [0.4, 0.5) is 0 Å². The minimum Gasteiger partial charge on any atom is -0.293 e. The standard InChI is InChI=1S/C13H9BrClNOS/c14-11-4-2-1-3-10(11)12(17)8-18-13-6-5-9(15)7-16-13/h1-7H,8H2. The molecule has 2 nitrogen and oxygen atoms in total. The highest BCUT2D eigenvalue weighted by atomic mass is 79.9. The van der Waals surface area contributed by atoms with Crippen LogP contribution < -0.4 is 0 Å². The molecule has 92 valence electrons. The minimum absolute atomic E-state index is 0.0734. The van der Waals surface area contributed by atoms with Crippen molar-refractivity contribution in [2.75, 3.05) is 5.75 Å². The lowest BCUT2D eigenvalue weighted by molar-refractivity contribution is 0.102. The van der Waals surface area contributed by atoms with Crippen LogP contribution in [-0.4, -0.2) is 16.5 Å². The first-order valence-corrected chi connectivity index (χ1v) is 7.34. The van der Waals surface area contributed by atoms with E-state index >= 15 is 0 Å². The lowest BCUT2D eigenvalue weighted by Crippen LogP contribution is -2.03. The van der Waals surface area contributed by atoms with Crippen molar-refractivity contribution in [3.05, 3.63) is 57.7 Å². The molecule has 2 rings (SSSR count). The number of carbonyl (C=O) groups excluding carboxylic acids is 1. The van der Waals surface area contributed by atoms with Gasteiger partial charge in [-0.15, -0.1) is 0 Å². The molecule has 1 aromatic heterocycles. The number of benzene rings is 1. The van der Waals surface area contributed by atoms with Gasteiger partial charge >= 0.3 is 0 Å².